The van der Waals surface area contributed by atoms with Crippen molar-refractivity contribution in [1.82, 2.24) is 4.98 Å². The maximum atomic E-state index is 11.1. The number of nitriles is 1. The van der Waals surface area contributed by atoms with Gasteiger partial charge in [0.15, 0.2) is 5.75 Å². The lowest BCUT2D eigenvalue weighted by atomic mass is 10.1. The average Bonchev–Trinajstić information content (AvgIpc) is 2.92. The third-order valence-corrected chi connectivity index (χ3v) is 3.75. The number of benzene rings is 1. The number of nitro benzene ring substituents is 1. The van der Waals surface area contributed by atoms with E-state index in [0.717, 1.165) is 5.69 Å². The Balaban J connectivity index is 2.44. The molecule has 22 heavy (non-hydrogen) atoms. The third-order valence-electron chi connectivity index (χ3n) is 2.76. The van der Waals surface area contributed by atoms with Crippen molar-refractivity contribution in [2.45, 2.75) is 13.8 Å². The molecule has 2 aromatic rings. The molecule has 0 atom stereocenters. The highest BCUT2D eigenvalue weighted by Crippen LogP contribution is 2.30. The maximum absolute atomic E-state index is 11.1. The number of ether oxygens (including phenoxy) is 1. The van der Waals surface area contributed by atoms with Crippen molar-refractivity contribution in [3.63, 3.8) is 0 Å². The molecule has 0 fully saturated rings. The van der Waals surface area contributed by atoms with E-state index in [0.29, 0.717) is 22.8 Å². The number of rotatable bonds is 5. The molecule has 1 aromatic heterocycles. The van der Waals surface area contributed by atoms with Crippen molar-refractivity contribution >= 4 is 28.7 Å². The summed E-state index contributed by atoms with van der Waals surface area (Å²) in [4.78, 5) is 14.9. The number of nitro groups is 1. The standard InChI is InChI=1S/C15H13N3O3S/c1-3-21-14-5-4-11(7-13(14)18(19)20)6-12(8-16)15-17-10(2)9-22-15/h4-7,9H,3H2,1-2H3/b12-6-. The van der Waals surface area contributed by atoms with E-state index in [4.69, 9.17) is 4.74 Å². The zero-order valence-corrected chi connectivity index (χ0v) is 12.9. The van der Waals surface area contributed by atoms with Crippen LogP contribution in [0.1, 0.15) is 23.2 Å². The molecule has 7 heteroatoms. The Morgan fingerprint density at radius 2 is 2.36 bits per heavy atom. The van der Waals surface area contributed by atoms with E-state index in [1.165, 1.54) is 23.5 Å². The van der Waals surface area contributed by atoms with Crippen molar-refractivity contribution < 1.29 is 9.66 Å². The van der Waals surface area contributed by atoms with Crippen molar-refractivity contribution in [2.75, 3.05) is 6.61 Å². The second kappa shape index (κ2) is 6.83. The number of aromatic nitrogens is 1. The van der Waals surface area contributed by atoms with Gasteiger partial charge in [0, 0.05) is 17.1 Å². The Labute approximate surface area is 131 Å². The van der Waals surface area contributed by atoms with Gasteiger partial charge in [-0.3, -0.25) is 10.1 Å². The molecule has 2 rings (SSSR count). The largest absolute Gasteiger partial charge is 0.487 e. The van der Waals surface area contributed by atoms with Crippen LogP contribution in [0.15, 0.2) is 23.6 Å². The average molecular weight is 315 g/mol. The fourth-order valence-corrected chi connectivity index (χ4v) is 2.59. The van der Waals surface area contributed by atoms with Gasteiger partial charge in [-0.15, -0.1) is 11.3 Å². The van der Waals surface area contributed by atoms with Gasteiger partial charge in [0.2, 0.25) is 0 Å². The van der Waals surface area contributed by atoms with Crippen molar-refractivity contribution in [3.05, 3.63) is 50.0 Å². The smallest absolute Gasteiger partial charge is 0.311 e. The quantitative estimate of drug-likeness (QED) is 0.475. The molecule has 0 N–H and O–H groups in total. The van der Waals surface area contributed by atoms with E-state index in [1.807, 2.05) is 12.3 Å². The van der Waals surface area contributed by atoms with Crippen LogP contribution in [0.3, 0.4) is 0 Å². The molecule has 0 aliphatic rings. The van der Waals surface area contributed by atoms with Gasteiger partial charge in [0.05, 0.1) is 17.1 Å². The number of nitrogens with zero attached hydrogens (tertiary/aromatic N) is 3. The van der Waals surface area contributed by atoms with Gasteiger partial charge in [-0.1, -0.05) is 6.07 Å². The van der Waals surface area contributed by atoms with Gasteiger partial charge in [-0.05, 0) is 31.6 Å². The van der Waals surface area contributed by atoms with E-state index in [9.17, 15) is 15.4 Å². The monoisotopic (exact) mass is 315 g/mol. The van der Waals surface area contributed by atoms with Crippen molar-refractivity contribution in [1.29, 1.82) is 5.26 Å². The van der Waals surface area contributed by atoms with Gasteiger partial charge < -0.3 is 4.74 Å². The molecular formula is C15H13N3O3S. The summed E-state index contributed by atoms with van der Waals surface area (Å²) in [6.45, 7) is 3.95. The highest BCUT2D eigenvalue weighted by molar-refractivity contribution is 7.11. The second-order valence-electron chi connectivity index (χ2n) is 4.38. The minimum atomic E-state index is -0.498. The van der Waals surface area contributed by atoms with Crippen molar-refractivity contribution in [2.24, 2.45) is 0 Å². The first-order valence-corrected chi connectivity index (χ1v) is 7.38. The van der Waals surface area contributed by atoms with Crippen molar-refractivity contribution in [3.8, 4) is 11.8 Å². The lowest BCUT2D eigenvalue weighted by Crippen LogP contribution is -1.97. The maximum Gasteiger partial charge on any atom is 0.311 e. The zero-order valence-electron chi connectivity index (χ0n) is 12.1. The summed E-state index contributed by atoms with van der Waals surface area (Å²) in [5.74, 6) is 0.216. The second-order valence-corrected chi connectivity index (χ2v) is 5.24. The highest BCUT2D eigenvalue weighted by atomic mass is 32.1. The predicted molar refractivity (Wildman–Crippen MR) is 84.6 cm³/mol. The predicted octanol–water partition coefficient (Wildman–Crippen LogP) is 3.82. The first-order valence-electron chi connectivity index (χ1n) is 6.50. The van der Waals surface area contributed by atoms with Gasteiger partial charge in [0.1, 0.15) is 11.1 Å². The molecule has 112 valence electrons. The fraction of sp³-hybridized carbons (Fsp3) is 0.200. The van der Waals surface area contributed by atoms with E-state index in [1.54, 1.807) is 19.1 Å². The topological polar surface area (TPSA) is 89.0 Å². The van der Waals surface area contributed by atoms with Crippen LogP contribution in [0.5, 0.6) is 5.75 Å². The van der Waals surface area contributed by atoms with E-state index >= 15 is 0 Å². The SMILES string of the molecule is CCOc1ccc(/C=C(/C#N)c2nc(C)cs2)cc1[N+](=O)[O-]. The molecule has 1 aromatic carbocycles. The van der Waals surface area contributed by atoms with Crippen LogP contribution in [-0.4, -0.2) is 16.5 Å². The number of hydrogen-bond donors (Lipinski definition) is 0. The molecular weight excluding hydrogens is 302 g/mol. The Hall–Kier alpha value is -2.72. The zero-order chi connectivity index (χ0) is 16.1. The normalized spacial score (nSPS) is 11.0. The molecule has 0 aliphatic carbocycles. The highest BCUT2D eigenvalue weighted by Gasteiger charge is 2.16. The van der Waals surface area contributed by atoms with Crippen LogP contribution < -0.4 is 4.74 Å². The van der Waals surface area contributed by atoms with Crippen LogP contribution in [0.25, 0.3) is 11.6 Å². The minimum absolute atomic E-state index is 0.122. The first kappa shape index (κ1) is 15.7. The Morgan fingerprint density at radius 1 is 1.59 bits per heavy atom. The molecule has 1 heterocycles. The molecule has 0 bridgehead atoms. The Kier molecular flexibility index (Phi) is 4.86. The lowest BCUT2D eigenvalue weighted by Gasteiger charge is -2.04. The third kappa shape index (κ3) is 3.48. The van der Waals surface area contributed by atoms with Crippen LogP contribution >= 0.6 is 11.3 Å². The van der Waals surface area contributed by atoms with E-state index in [2.05, 4.69) is 11.1 Å². The minimum Gasteiger partial charge on any atom is -0.487 e. The van der Waals surface area contributed by atoms with E-state index < -0.39 is 4.92 Å². The molecule has 0 saturated carbocycles. The molecule has 0 saturated heterocycles. The van der Waals surface area contributed by atoms with Gasteiger partial charge in [0.25, 0.3) is 0 Å². The summed E-state index contributed by atoms with van der Waals surface area (Å²) in [6.07, 6.45) is 1.58. The number of allylic oxidation sites excluding steroid dienone is 1. The summed E-state index contributed by atoms with van der Waals surface area (Å²) in [5.41, 5.74) is 1.64. The number of aryl methyl sites for hydroxylation is 1. The summed E-state index contributed by atoms with van der Waals surface area (Å²) in [7, 11) is 0. The number of thiazole rings is 1. The van der Waals surface area contributed by atoms with E-state index in [-0.39, 0.29) is 11.4 Å². The lowest BCUT2D eigenvalue weighted by molar-refractivity contribution is -0.385. The Bertz CT molecular complexity index is 775. The fourth-order valence-electron chi connectivity index (χ4n) is 1.83. The summed E-state index contributed by atoms with van der Waals surface area (Å²) in [6, 6.07) is 6.68. The van der Waals surface area contributed by atoms with Gasteiger partial charge >= 0.3 is 5.69 Å². The van der Waals surface area contributed by atoms with Crippen LogP contribution in [0.2, 0.25) is 0 Å². The molecule has 6 nitrogen and oxygen atoms in total. The summed E-state index contributed by atoms with van der Waals surface area (Å²) in [5, 5.41) is 22.8. The van der Waals surface area contributed by atoms with Crippen LogP contribution in [0, 0.1) is 28.4 Å². The molecule has 0 aliphatic heterocycles. The molecule has 0 unspecified atom stereocenters. The molecule has 0 amide bonds. The van der Waals surface area contributed by atoms with Gasteiger partial charge in [-0.25, -0.2) is 4.98 Å². The summed E-state index contributed by atoms with van der Waals surface area (Å²) >= 11 is 1.36. The van der Waals surface area contributed by atoms with Crippen LogP contribution in [0.4, 0.5) is 5.69 Å². The number of hydrogen-bond acceptors (Lipinski definition) is 6. The Morgan fingerprint density at radius 3 is 2.91 bits per heavy atom. The van der Waals surface area contributed by atoms with Gasteiger partial charge in [-0.2, -0.15) is 5.26 Å². The summed E-state index contributed by atoms with van der Waals surface area (Å²) < 4.78 is 5.23. The molecule has 0 spiro atoms. The van der Waals surface area contributed by atoms with Crippen LogP contribution in [-0.2, 0) is 0 Å². The molecule has 0 radical (unpaired) electrons. The first-order chi connectivity index (χ1) is 10.5.